The van der Waals surface area contributed by atoms with Crippen LogP contribution in [-0.4, -0.2) is 4.98 Å². The van der Waals surface area contributed by atoms with Gasteiger partial charge in [-0.15, -0.1) is 0 Å². The number of aromatic amines is 1. The molecule has 1 N–H and O–H groups in total. The lowest BCUT2D eigenvalue weighted by Gasteiger charge is -2.34. The Morgan fingerprint density at radius 3 is 1.85 bits per heavy atom. The lowest BCUT2D eigenvalue weighted by Crippen LogP contribution is -2.17. The number of para-hydroxylation sites is 3. The molecule has 0 unspecified atom stereocenters. The van der Waals surface area contributed by atoms with Gasteiger partial charge in [-0.3, -0.25) is 0 Å². The molecule has 2 heteroatoms. The van der Waals surface area contributed by atoms with Gasteiger partial charge in [0.15, 0.2) is 0 Å². The van der Waals surface area contributed by atoms with Crippen molar-refractivity contribution < 1.29 is 0 Å². The molecule has 0 atom stereocenters. The van der Waals surface area contributed by atoms with Crippen molar-refractivity contribution in [3.63, 3.8) is 0 Å². The van der Waals surface area contributed by atoms with Crippen LogP contribution in [0.5, 0.6) is 0 Å². The number of benzene rings is 8. The van der Waals surface area contributed by atoms with Crippen molar-refractivity contribution >= 4 is 38.9 Å². The Bertz CT molecular complexity index is 2810. The third kappa shape index (κ3) is 5.02. The minimum atomic E-state index is 0.886. The van der Waals surface area contributed by atoms with Crippen LogP contribution >= 0.6 is 0 Å². The molecule has 10 rings (SSSR count). The van der Waals surface area contributed by atoms with E-state index in [1.54, 1.807) is 0 Å². The van der Waals surface area contributed by atoms with Gasteiger partial charge in [-0.25, -0.2) is 0 Å². The molecule has 0 spiro atoms. The first-order valence-corrected chi connectivity index (χ1v) is 18.5. The number of aromatic nitrogens is 1. The molecule has 53 heavy (non-hydrogen) atoms. The van der Waals surface area contributed by atoms with Gasteiger partial charge < -0.3 is 9.88 Å². The minimum absolute atomic E-state index is 0.886. The van der Waals surface area contributed by atoms with E-state index < -0.39 is 0 Å². The highest BCUT2D eigenvalue weighted by atomic mass is 15.2. The molecule has 0 saturated carbocycles. The Hall–Kier alpha value is -6.64. The average molecular weight is 679 g/mol. The largest absolute Gasteiger partial charge is 0.354 e. The van der Waals surface area contributed by atoms with Crippen LogP contribution in [0.25, 0.3) is 66.3 Å². The van der Waals surface area contributed by atoms with Crippen molar-refractivity contribution in [2.45, 2.75) is 20.3 Å². The molecule has 1 aromatic heterocycles. The Labute approximate surface area is 310 Å². The van der Waals surface area contributed by atoms with Gasteiger partial charge >= 0.3 is 0 Å². The highest BCUT2D eigenvalue weighted by Gasteiger charge is 2.32. The number of anilines is 3. The smallest absolute Gasteiger partial charge is 0.0625 e. The Morgan fingerprint density at radius 1 is 0.472 bits per heavy atom. The summed E-state index contributed by atoms with van der Waals surface area (Å²) in [4.78, 5) is 6.48. The van der Waals surface area contributed by atoms with Crippen molar-refractivity contribution in [2.75, 3.05) is 4.90 Å². The third-order valence-electron chi connectivity index (χ3n) is 11.2. The Morgan fingerprint density at radius 2 is 1.08 bits per heavy atom. The van der Waals surface area contributed by atoms with E-state index in [4.69, 9.17) is 0 Å². The maximum atomic E-state index is 3.88. The topological polar surface area (TPSA) is 19.0 Å². The van der Waals surface area contributed by atoms with Crippen molar-refractivity contribution in [3.05, 3.63) is 198 Å². The summed E-state index contributed by atoms with van der Waals surface area (Å²) < 4.78 is 0. The van der Waals surface area contributed by atoms with Crippen molar-refractivity contribution in [1.82, 2.24) is 4.98 Å². The number of H-pyrrole nitrogens is 1. The second-order valence-corrected chi connectivity index (χ2v) is 14.2. The molecule has 0 radical (unpaired) electrons. The molecular weight excluding hydrogens is 641 g/mol. The Balaban J connectivity index is 1.40. The minimum Gasteiger partial charge on any atom is -0.354 e. The number of nitrogens with zero attached hydrogens (tertiary/aromatic N) is 1. The number of hydrogen-bond acceptors (Lipinski definition) is 1. The Kier molecular flexibility index (Phi) is 7.37. The van der Waals surface area contributed by atoms with Gasteiger partial charge in [-0.05, 0) is 82.1 Å². The molecular formula is C51H38N2. The summed E-state index contributed by atoms with van der Waals surface area (Å²) in [6.07, 6.45) is 0.886. The maximum absolute atomic E-state index is 3.88. The van der Waals surface area contributed by atoms with Crippen LogP contribution in [0.2, 0.25) is 0 Å². The van der Waals surface area contributed by atoms with Gasteiger partial charge in [0.25, 0.3) is 0 Å². The van der Waals surface area contributed by atoms with Crippen LogP contribution in [0.3, 0.4) is 0 Å². The molecule has 1 heterocycles. The van der Waals surface area contributed by atoms with E-state index in [1.165, 1.54) is 88.9 Å². The van der Waals surface area contributed by atoms with Gasteiger partial charge in [0.05, 0.1) is 16.9 Å². The van der Waals surface area contributed by atoms with Crippen molar-refractivity contribution in [2.24, 2.45) is 0 Å². The standard InChI is InChI=1S/C51H38N2/c1-33-31-45-39-24-13-12-21-37(39)32-46(45)50(34(33)2)53(38-22-10-5-11-23-38)51-41(36-19-8-4-9-20-36)30-29-40(35-17-6-3-7-18-35)48(51)44-27-16-26-43-42-25-14-15-28-47(42)52-49(43)44/h3-31,52H,32H2,1-2H3. The molecule has 252 valence electrons. The first kappa shape index (κ1) is 31.1. The molecule has 9 aromatic rings. The van der Waals surface area contributed by atoms with Crippen LogP contribution in [-0.2, 0) is 6.42 Å². The molecule has 2 nitrogen and oxygen atoms in total. The van der Waals surface area contributed by atoms with E-state index in [2.05, 4.69) is 200 Å². The van der Waals surface area contributed by atoms with Crippen LogP contribution in [0.4, 0.5) is 17.1 Å². The summed E-state index contributed by atoms with van der Waals surface area (Å²) in [5, 5.41) is 2.46. The fraction of sp³-hybridized carbons (Fsp3) is 0.0588. The first-order valence-electron chi connectivity index (χ1n) is 18.5. The van der Waals surface area contributed by atoms with Crippen molar-refractivity contribution in [1.29, 1.82) is 0 Å². The highest BCUT2D eigenvalue weighted by Crippen LogP contribution is 2.55. The zero-order valence-electron chi connectivity index (χ0n) is 29.9. The van der Waals surface area contributed by atoms with E-state index in [0.29, 0.717) is 0 Å². The highest BCUT2D eigenvalue weighted by molar-refractivity contribution is 6.16. The second kappa shape index (κ2) is 12.5. The van der Waals surface area contributed by atoms with E-state index in [-0.39, 0.29) is 0 Å². The summed E-state index contributed by atoms with van der Waals surface area (Å²) >= 11 is 0. The second-order valence-electron chi connectivity index (χ2n) is 14.2. The number of hydrogen-bond donors (Lipinski definition) is 1. The lowest BCUT2D eigenvalue weighted by molar-refractivity contribution is 1.16. The van der Waals surface area contributed by atoms with Gasteiger partial charge in [-0.1, -0.05) is 158 Å². The molecule has 8 aromatic carbocycles. The summed E-state index contributed by atoms with van der Waals surface area (Å²) in [5.74, 6) is 0. The summed E-state index contributed by atoms with van der Waals surface area (Å²) in [6.45, 7) is 4.58. The van der Waals surface area contributed by atoms with Crippen molar-refractivity contribution in [3.8, 4) is 44.5 Å². The normalized spacial score (nSPS) is 11.9. The molecule has 0 saturated heterocycles. The first-order chi connectivity index (χ1) is 26.2. The number of aryl methyl sites for hydroxylation is 1. The van der Waals surface area contributed by atoms with Crippen LogP contribution in [0.15, 0.2) is 176 Å². The van der Waals surface area contributed by atoms with E-state index >= 15 is 0 Å². The van der Waals surface area contributed by atoms with Gasteiger partial charge in [0.1, 0.15) is 0 Å². The monoisotopic (exact) mass is 678 g/mol. The molecule has 1 aliphatic carbocycles. The van der Waals surface area contributed by atoms with Crippen LogP contribution in [0, 0.1) is 13.8 Å². The average Bonchev–Trinajstić information content (AvgIpc) is 3.79. The van der Waals surface area contributed by atoms with Gasteiger partial charge in [0.2, 0.25) is 0 Å². The number of rotatable bonds is 6. The molecule has 1 aliphatic rings. The lowest BCUT2D eigenvalue weighted by atomic mass is 9.86. The SMILES string of the molecule is Cc1cc2c(c(N(c3ccccc3)c3c(-c4ccccc4)ccc(-c4ccccc4)c3-c3cccc4c3[nH]c3ccccc34)c1C)Cc1ccccc1-2. The number of nitrogens with one attached hydrogen (secondary N) is 1. The molecule has 0 aliphatic heterocycles. The number of fused-ring (bicyclic) bond motifs is 6. The molecule has 0 fully saturated rings. The molecule has 0 bridgehead atoms. The zero-order chi connectivity index (χ0) is 35.5. The summed E-state index contributed by atoms with van der Waals surface area (Å²) in [6, 6.07) is 64.3. The van der Waals surface area contributed by atoms with Gasteiger partial charge in [-0.2, -0.15) is 0 Å². The third-order valence-corrected chi connectivity index (χ3v) is 11.2. The molecule has 0 amide bonds. The summed E-state index contributed by atoms with van der Waals surface area (Å²) in [5.41, 5.74) is 21.0. The van der Waals surface area contributed by atoms with Crippen LogP contribution in [0.1, 0.15) is 22.3 Å². The maximum Gasteiger partial charge on any atom is 0.0625 e. The van der Waals surface area contributed by atoms with Gasteiger partial charge in [0, 0.05) is 45.1 Å². The predicted octanol–water partition coefficient (Wildman–Crippen LogP) is 14.0. The quantitative estimate of drug-likeness (QED) is 0.185. The fourth-order valence-electron chi connectivity index (χ4n) is 8.64. The van der Waals surface area contributed by atoms with E-state index in [9.17, 15) is 0 Å². The zero-order valence-corrected chi connectivity index (χ0v) is 29.9. The fourth-order valence-corrected chi connectivity index (χ4v) is 8.64. The predicted molar refractivity (Wildman–Crippen MR) is 225 cm³/mol. The van der Waals surface area contributed by atoms with E-state index in [0.717, 1.165) is 23.1 Å². The summed E-state index contributed by atoms with van der Waals surface area (Å²) in [7, 11) is 0. The van der Waals surface area contributed by atoms with Crippen LogP contribution < -0.4 is 4.90 Å². The van der Waals surface area contributed by atoms with E-state index in [1.807, 2.05) is 0 Å².